The fourth-order valence-electron chi connectivity index (χ4n) is 0.638. The van der Waals surface area contributed by atoms with Crippen molar-refractivity contribution in [1.29, 1.82) is 0 Å². The van der Waals surface area contributed by atoms with Gasteiger partial charge in [-0.05, 0) is 0 Å². The maximum absolute atomic E-state index is 5.99. The molecule has 2 nitrogen and oxygen atoms in total. The van der Waals surface area contributed by atoms with E-state index in [1.54, 1.807) is 0 Å². The van der Waals surface area contributed by atoms with Crippen LogP contribution >= 0.6 is 0 Å². The normalized spacial score (nSPS) is 16.3. The standard InChI is InChI=1S/C10H24N2Se2/c1-7(2)9(11)5-13-14-6-10(12)8(3)4/h7-10H,5-6,11-12H2,1-4H3/t9-,10+. The number of rotatable bonds is 7. The third-order valence-electron chi connectivity index (χ3n) is 2.32. The van der Waals surface area contributed by atoms with Crippen molar-refractivity contribution < 1.29 is 0 Å². The SMILES string of the molecule is CC(C)[C@H](N)C[Se][Se]C[C@H](N)C(C)C. The van der Waals surface area contributed by atoms with Crippen LogP contribution in [-0.4, -0.2) is 38.3 Å². The topological polar surface area (TPSA) is 52.0 Å². The van der Waals surface area contributed by atoms with Crippen molar-refractivity contribution in [3.05, 3.63) is 0 Å². The monoisotopic (exact) mass is 332 g/mol. The molecule has 0 aromatic heterocycles. The van der Waals surface area contributed by atoms with E-state index in [1.807, 2.05) is 0 Å². The number of hydrogen-bond acceptors (Lipinski definition) is 2. The van der Waals surface area contributed by atoms with E-state index in [9.17, 15) is 0 Å². The molecule has 0 amide bonds. The molecule has 2 atom stereocenters. The number of hydrogen-bond donors (Lipinski definition) is 2. The Labute approximate surface area is 99.8 Å². The predicted molar refractivity (Wildman–Crippen MR) is 66.7 cm³/mol. The molecule has 0 aromatic carbocycles. The van der Waals surface area contributed by atoms with Gasteiger partial charge in [0.25, 0.3) is 0 Å². The Bertz CT molecular complexity index is 124. The van der Waals surface area contributed by atoms with Gasteiger partial charge < -0.3 is 0 Å². The summed E-state index contributed by atoms with van der Waals surface area (Å²) in [6, 6.07) is 0.819. The van der Waals surface area contributed by atoms with Crippen molar-refractivity contribution in [1.82, 2.24) is 0 Å². The molecule has 0 fully saturated rings. The van der Waals surface area contributed by atoms with Crippen molar-refractivity contribution in [2.75, 3.05) is 0 Å². The molecule has 0 aliphatic rings. The van der Waals surface area contributed by atoms with E-state index in [4.69, 9.17) is 11.5 Å². The first-order valence-corrected chi connectivity index (χ1v) is 12.0. The summed E-state index contributed by atoms with van der Waals surface area (Å²) in [5, 5.41) is 2.46. The summed E-state index contributed by atoms with van der Waals surface area (Å²) < 4.78 is 0. The van der Waals surface area contributed by atoms with Gasteiger partial charge in [-0.3, -0.25) is 0 Å². The Morgan fingerprint density at radius 2 is 1.07 bits per heavy atom. The van der Waals surface area contributed by atoms with E-state index < -0.39 is 0 Å². The fourth-order valence-corrected chi connectivity index (χ4v) is 8.84. The molecule has 86 valence electrons. The molecule has 0 aliphatic carbocycles. The van der Waals surface area contributed by atoms with E-state index in [2.05, 4.69) is 27.7 Å². The van der Waals surface area contributed by atoms with Crippen LogP contribution in [0, 0.1) is 11.8 Å². The molecule has 0 unspecified atom stereocenters. The van der Waals surface area contributed by atoms with E-state index in [-0.39, 0.29) is 0 Å². The third kappa shape index (κ3) is 7.28. The summed E-state index contributed by atoms with van der Waals surface area (Å²) in [5.74, 6) is 1.26. The Morgan fingerprint density at radius 3 is 1.29 bits per heavy atom. The van der Waals surface area contributed by atoms with Gasteiger partial charge in [0.15, 0.2) is 0 Å². The van der Waals surface area contributed by atoms with Crippen LogP contribution < -0.4 is 11.5 Å². The molecule has 0 spiro atoms. The van der Waals surface area contributed by atoms with Crippen molar-refractivity contribution in [2.45, 2.75) is 50.4 Å². The third-order valence-corrected chi connectivity index (χ3v) is 9.64. The molecule has 0 rings (SSSR count). The summed E-state index contributed by atoms with van der Waals surface area (Å²) in [6.45, 7) is 8.81. The molecule has 0 heterocycles. The Morgan fingerprint density at radius 1 is 0.786 bits per heavy atom. The Balaban J connectivity index is 3.38. The second kappa shape index (κ2) is 8.15. The van der Waals surface area contributed by atoms with Gasteiger partial charge in [-0.15, -0.1) is 0 Å². The summed E-state index contributed by atoms with van der Waals surface area (Å²) in [5.41, 5.74) is 12.0. The minimum absolute atomic E-state index is 0.409. The molecule has 0 saturated heterocycles. The van der Waals surface area contributed by atoms with E-state index in [0.29, 0.717) is 23.9 Å². The van der Waals surface area contributed by atoms with Crippen molar-refractivity contribution in [2.24, 2.45) is 23.3 Å². The Hall–Kier alpha value is 0.959. The van der Waals surface area contributed by atoms with Crippen LogP contribution in [0.1, 0.15) is 27.7 Å². The van der Waals surface area contributed by atoms with Gasteiger partial charge >= 0.3 is 100.0 Å². The van der Waals surface area contributed by atoms with Crippen LogP contribution in [0.4, 0.5) is 0 Å². The molecule has 0 bridgehead atoms. The van der Waals surface area contributed by atoms with Gasteiger partial charge in [0.05, 0.1) is 0 Å². The zero-order chi connectivity index (χ0) is 11.1. The summed E-state index contributed by atoms with van der Waals surface area (Å²) in [6.07, 6.45) is 0. The average Bonchev–Trinajstić information content (AvgIpc) is 2.11. The van der Waals surface area contributed by atoms with Crippen LogP contribution in [0.2, 0.25) is 10.6 Å². The van der Waals surface area contributed by atoms with Gasteiger partial charge in [-0.25, -0.2) is 0 Å². The average molecular weight is 330 g/mol. The van der Waals surface area contributed by atoms with Gasteiger partial charge in [-0.1, -0.05) is 0 Å². The second-order valence-electron chi connectivity index (χ2n) is 4.38. The molecule has 4 N–H and O–H groups in total. The molecular formula is C10H24N2Se2. The van der Waals surface area contributed by atoms with Crippen LogP contribution in [0.3, 0.4) is 0 Å². The van der Waals surface area contributed by atoms with Crippen molar-refractivity contribution >= 4 is 26.3 Å². The summed E-state index contributed by atoms with van der Waals surface area (Å²) >= 11 is 1.51. The van der Waals surface area contributed by atoms with Crippen LogP contribution in [0.15, 0.2) is 0 Å². The molecular weight excluding hydrogens is 306 g/mol. The van der Waals surface area contributed by atoms with Gasteiger partial charge in [0.2, 0.25) is 0 Å². The first-order valence-electron chi connectivity index (χ1n) is 5.20. The fraction of sp³-hybridized carbons (Fsp3) is 1.00. The first-order chi connectivity index (χ1) is 6.45. The van der Waals surface area contributed by atoms with E-state index >= 15 is 0 Å². The zero-order valence-electron chi connectivity index (χ0n) is 9.69. The van der Waals surface area contributed by atoms with Gasteiger partial charge in [-0.2, -0.15) is 0 Å². The van der Waals surface area contributed by atoms with Crippen LogP contribution in [0.5, 0.6) is 0 Å². The quantitative estimate of drug-likeness (QED) is 0.543. The van der Waals surface area contributed by atoms with Crippen molar-refractivity contribution in [3.63, 3.8) is 0 Å². The maximum atomic E-state index is 5.99. The first kappa shape index (κ1) is 15.0. The molecule has 0 aromatic rings. The Kier molecular flexibility index (Phi) is 8.71. The molecule has 0 aliphatic heterocycles. The molecule has 0 saturated carbocycles. The van der Waals surface area contributed by atoms with Gasteiger partial charge in [0, 0.05) is 0 Å². The summed E-state index contributed by atoms with van der Waals surface area (Å²) in [7, 11) is 0. The molecule has 0 radical (unpaired) electrons. The predicted octanol–water partition coefficient (Wildman–Crippen LogP) is 1.11. The van der Waals surface area contributed by atoms with Gasteiger partial charge in [0.1, 0.15) is 0 Å². The van der Waals surface area contributed by atoms with E-state index in [0.717, 1.165) is 26.3 Å². The summed E-state index contributed by atoms with van der Waals surface area (Å²) in [4.78, 5) is 0. The van der Waals surface area contributed by atoms with Crippen LogP contribution in [-0.2, 0) is 0 Å². The zero-order valence-corrected chi connectivity index (χ0v) is 13.1. The second-order valence-corrected chi connectivity index (χ2v) is 11.9. The molecule has 14 heavy (non-hydrogen) atoms. The molecule has 4 heteroatoms. The van der Waals surface area contributed by atoms with E-state index in [1.165, 1.54) is 10.6 Å². The number of nitrogens with two attached hydrogens (primary N) is 2. The van der Waals surface area contributed by atoms with Crippen molar-refractivity contribution in [3.8, 4) is 0 Å². The van der Waals surface area contributed by atoms with Crippen LogP contribution in [0.25, 0.3) is 0 Å². The minimum atomic E-state index is 0.409.